The van der Waals surface area contributed by atoms with E-state index in [0.717, 1.165) is 25.9 Å². The predicted octanol–water partition coefficient (Wildman–Crippen LogP) is 3.01. The van der Waals surface area contributed by atoms with Crippen LogP contribution in [-0.4, -0.2) is 41.1 Å². The Morgan fingerprint density at radius 3 is 2.55 bits per heavy atom. The van der Waals surface area contributed by atoms with Crippen molar-refractivity contribution in [2.24, 2.45) is 0 Å². The molecule has 1 saturated heterocycles. The number of piperidine rings is 1. The summed E-state index contributed by atoms with van der Waals surface area (Å²) in [5.41, 5.74) is 0. The van der Waals surface area contributed by atoms with Crippen LogP contribution in [0.2, 0.25) is 5.15 Å². The Hall–Kier alpha value is -1.08. The second kappa shape index (κ2) is 6.58. The third-order valence-corrected chi connectivity index (χ3v) is 3.22. The Labute approximate surface area is 119 Å². The van der Waals surface area contributed by atoms with Crippen molar-refractivity contribution in [2.75, 3.05) is 26.2 Å². The highest BCUT2D eigenvalue weighted by Gasteiger charge is 2.35. The SMILES string of the molecule is FC(F)(F)c1nc(Cl)cc(OCCN2CCCCC2)n1. The molecule has 0 aromatic carbocycles. The van der Waals surface area contributed by atoms with Crippen LogP contribution in [-0.2, 0) is 6.18 Å². The van der Waals surface area contributed by atoms with Gasteiger partial charge in [0.15, 0.2) is 0 Å². The average Bonchev–Trinajstić information content (AvgIpc) is 2.38. The van der Waals surface area contributed by atoms with Gasteiger partial charge in [0.25, 0.3) is 0 Å². The normalized spacial score (nSPS) is 17.2. The summed E-state index contributed by atoms with van der Waals surface area (Å²) in [6, 6.07) is 1.19. The van der Waals surface area contributed by atoms with E-state index in [1.54, 1.807) is 0 Å². The van der Waals surface area contributed by atoms with Gasteiger partial charge in [-0.2, -0.15) is 18.2 Å². The molecule has 2 heterocycles. The summed E-state index contributed by atoms with van der Waals surface area (Å²) < 4.78 is 42.8. The molecule has 2 rings (SSSR count). The second-order valence-electron chi connectivity index (χ2n) is 4.60. The quantitative estimate of drug-likeness (QED) is 0.801. The smallest absolute Gasteiger partial charge is 0.451 e. The van der Waals surface area contributed by atoms with E-state index in [4.69, 9.17) is 16.3 Å². The largest absolute Gasteiger partial charge is 0.476 e. The van der Waals surface area contributed by atoms with Crippen molar-refractivity contribution in [1.82, 2.24) is 14.9 Å². The zero-order valence-corrected chi connectivity index (χ0v) is 11.5. The fourth-order valence-electron chi connectivity index (χ4n) is 2.06. The fraction of sp³-hybridized carbons (Fsp3) is 0.667. The number of aromatic nitrogens is 2. The third kappa shape index (κ3) is 4.49. The number of hydrogen-bond donors (Lipinski definition) is 0. The van der Waals surface area contributed by atoms with E-state index in [9.17, 15) is 13.2 Å². The van der Waals surface area contributed by atoms with E-state index in [2.05, 4.69) is 14.9 Å². The molecule has 1 aromatic heterocycles. The molecule has 8 heteroatoms. The predicted molar refractivity (Wildman–Crippen MR) is 67.8 cm³/mol. The van der Waals surface area contributed by atoms with E-state index in [0.29, 0.717) is 6.54 Å². The van der Waals surface area contributed by atoms with Gasteiger partial charge in [-0.15, -0.1) is 0 Å². The first-order valence-corrected chi connectivity index (χ1v) is 6.80. The average molecular weight is 310 g/mol. The van der Waals surface area contributed by atoms with Crippen LogP contribution < -0.4 is 4.74 Å². The molecular formula is C12H15ClF3N3O. The van der Waals surface area contributed by atoms with Crippen molar-refractivity contribution >= 4 is 11.6 Å². The first-order chi connectivity index (χ1) is 9.45. The standard InChI is InChI=1S/C12H15ClF3N3O/c13-9-8-10(18-11(17-9)12(14,15)16)20-7-6-19-4-2-1-3-5-19/h8H,1-7H2. The van der Waals surface area contributed by atoms with Gasteiger partial charge in [0.05, 0.1) is 0 Å². The molecule has 0 N–H and O–H groups in total. The topological polar surface area (TPSA) is 38.2 Å². The lowest BCUT2D eigenvalue weighted by atomic mass is 10.1. The van der Waals surface area contributed by atoms with Crippen LogP contribution in [0.4, 0.5) is 13.2 Å². The highest BCUT2D eigenvalue weighted by Crippen LogP contribution is 2.28. The molecular weight excluding hydrogens is 295 g/mol. The molecule has 0 spiro atoms. The monoisotopic (exact) mass is 309 g/mol. The van der Waals surface area contributed by atoms with Crippen molar-refractivity contribution in [2.45, 2.75) is 25.4 Å². The summed E-state index contributed by atoms with van der Waals surface area (Å²) in [4.78, 5) is 8.69. The van der Waals surface area contributed by atoms with Crippen LogP contribution in [0.15, 0.2) is 6.07 Å². The number of likely N-dealkylation sites (tertiary alicyclic amines) is 1. The van der Waals surface area contributed by atoms with Gasteiger partial charge in [0, 0.05) is 12.6 Å². The number of ether oxygens (including phenoxy) is 1. The third-order valence-electron chi connectivity index (χ3n) is 3.03. The Kier molecular flexibility index (Phi) is 5.04. The number of alkyl halides is 3. The zero-order chi connectivity index (χ0) is 14.6. The second-order valence-corrected chi connectivity index (χ2v) is 4.99. The Balaban J connectivity index is 1.90. The molecule has 0 unspecified atom stereocenters. The van der Waals surface area contributed by atoms with Crippen LogP contribution in [0.5, 0.6) is 5.88 Å². The lowest BCUT2D eigenvalue weighted by molar-refractivity contribution is -0.145. The summed E-state index contributed by atoms with van der Waals surface area (Å²) in [6.07, 6.45) is -1.10. The molecule has 0 atom stereocenters. The summed E-state index contributed by atoms with van der Waals surface area (Å²) >= 11 is 5.54. The van der Waals surface area contributed by atoms with Crippen LogP contribution in [0, 0.1) is 0 Å². The molecule has 4 nitrogen and oxygen atoms in total. The molecule has 112 valence electrons. The molecule has 0 aliphatic carbocycles. The van der Waals surface area contributed by atoms with Gasteiger partial charge in [-0.05, 0) is 25.9 Å². The Bertz CT molecular complexity index is 450. The first-order valence-electron chi connectivity index (χ1n) is 6.42. The molecule has 20 heavy (non-hydrogen) atoms. The van der Waals surface area contributed by atoms with E-state index < -0.39 is 12.0 Å². The maximum Gasteiger partial charge on any atom is 0.451 e. The molecule has 1 fully saturated rings. The number of halogens is 4. The Morgan fingerprint density at radius 1 is 1.20 bits per heavy atom. The number of hydrogen-bond acceptors (Lipinski definition) is 4. The minimum atomic E-state index is -4.63. The van der Waals surface area contributed by atoms with Gasteiger partial charge in [0.2, 0.25) is 11.7 Å². The molecule has 1 aromatic rings. The van der Waals surface area contributed by atoms with Crippen LogP contribution in [0.1, 0.15) is 25.1 Å². The Morgan fingerprint density at radius 2 is 1.90 bits per heavy atom. The molecule has 1 aliphatic rings. The van der Waals surface area contributed by atoms with Gasteiger partial charge in [-0.1, -0.05) is 18.0 Å². The van der Waals surface area contributed by atoms with Gasteiger partial charge >= 0.3 is 6.18 Å². The van der Waals surface area contributed by atoms with Crippen molar-refractivity contribution in [1.29, 1.82) is 0 Å². The van der Waals surface area contributed by atoms with Crippen molar-refractivity contribution in [3.05, 3.63) is 17.0 Å². The summed E-state index contributed by atoms with van der Waals surface area (Å²) in [5, 5.41) is -0.278. The van der Waals surface area contributed by atoms with Crippen molar-refractivity contribution in [3.8, 4) is 5.88 Å². The summed E-state index contributed by atoms with van der Waals surface area (Å²) in [6.45, 7) is 2.96. The fourth-order valence-corrected chi connectivity index (χ4v) is 2.23. The number of nitrogens with zero attached hydrogens (tertiary/aromatic N) is 3. The molecule has 0 radical (unpaired) electrons. The summed E-state index contributed by atoms with van der Waals surface area (Å²) in [5.74, 6) is -1.42. The first kappa shape index (κ1) is 15.3. The summed E-state index contributed by atoms with van der Waals surface area (Å²) in [7, 11) is 0. The lowest BCUT2D eigenvalue weighted by Gasteiger charge is -2.26. The van der Waals surface area contributed by atoms with Crippen molar-refractivity contribution < 1.29 is 17.9 Å². The van der Waals surface area contributed by atoms with E-state index in [1.165, 1.54) is 12.5 Å². The lowest BCUT2D eigenvalue weighted by Crippen LogP contribution is -2.33. The maximum atomic E-state index is 12.5. The number of rotatable bonds is 4. The highest BCUT2D eigenvalue weighted by atomic mass is 35.5. The molecule has 0 saturated carbocycles. The van der Waals surface area contributed by atoms with Gasteiger partial charge in [0.1, 0.15) is 11.8 Å². The van der Waals surface area contributed by atoms with Crippen LogP contribution in [0.25, 0.3) is 0 Å². The van der Waals surface area contributed by atoms with Gasteiger partial charge in [-0.3, -0.25) is 4.90 Å². The molecule has 1 aliphatic heterocycles. The molecule has 0 bridgehead atoms. The van der Waals surface area contributed by atoms with Gasteiger partial charge < -0.3 is 4.74 Å². The highest BCUT2D eigenvalue weighted by molar-refractivity contribution is 6.29. The van der Waals surface area contributed by atoms with Crippen molar-refractivity contribution in [3.63, 3.8) is 0 Å². The minimum absolute atomic E-state index is 0.144. The minimum Gasteiger partial charge on any atom is -0.476 e. The van der Waals surface area contributed by atoms with E-state index >= 15 is 0 Å². The van der Waals surface area contributed by atoms with Crippen LogP contribution >= 0.6 is 11.6 Å². The van der Waals surface area contributed by atoms with E-state index in [1.807, 2.05) is 0 Å². The zero-order valence-electron chi connectivity index (χ0n) is 10.8. The maximum absolute atomic E-state index is 12.5. The van der Waals surface area contributed by atoms with Crippen LogP contribution in [0.3, 0.4) is 0 Å². The van der Waals surface area contributed by atoms with E-state index in [-0.39, 0.29) is 17.6 Å². The molecule has 0 amide bonds. The van der Waals surface area contributed by atoms with Gasteiger partial charge in [-0.25, -0.2) is 4.98 Å².